The molecule has 7 heteroatoms. The summed E-state index contributed by atoms with van der Waals surface area (Å²) in [6, 6.07) is 3.79. The number of methoxy groups -OCH3 is 1. The first-order chi connectivity index (χ1) is 10.1. The fraction of sp³-hybridized carbons (Fsp3) is 0.286. The highest BCUT2D eigenvalue weighted by atomic mass is 79.9. The lowest BCUT2D eigenvalue weighted by atomic mass is 10.2. The van der Waals surface area contributed by atoms with Crippen LogP contribution < -0.4 is 15.4 Å². The molecule has 1 aromatic heterocycles. The summed E-state index contributed by atoms with van der Waals surface area (Å²) in [5, 5.41) is 7.03. The molecule has 112 valence electrons. The van der Waals surface area contributed by atoms with Gasteiger partial charge in [0.05, 0.1) is 12.8 Å². The molecular formula is C14H16BrClN4O. The molecule has 2 aromatic rings. The fourth-order valence-corrected chi connectivity index (χ4v) is 2.54. The smallest absolute Gasteiger partial charge is 0.204 e. The third kappa shape index (κ3) is 3.57. The van der Waals surface area contributed by atoms with E-state index in [1.165, 1.54) is 6.33 Å². The normalized spacial score (nSPS) is 10.3. The van der Waals surface area contributed by atoms with Crippen LogP contribution in [0.25, 0.3) is 0 Å². The third-order valence-corrected chi connectivity index (χ3v) is 3.92. The second-order valence-corrected chi connectivity index (χ2v) is 5.60. The molecular weight excluding hydrogens is 356 g/mol. The highest BCUT2D eigenvalue weighted by molar-refractivity contribution is 9.10. The average molecular weight is 372 g/mol. The number of nitrogens with one attached hydrogen (secondary N) is 2. The van der Waals surface area contributed by atoms with Crippen molar-refractivity contribution in [1.29, 1.82) is 0 Å². The number of aromatic nitrogens is 2. The number of anilines is 3. The Kier molecular flexibility index (Phi) is 5.25. The van der Waals surface area contributed by atoms with Crippen molar-refractivity contribution < 1.29 is 4.74 Å². The van der Waals surface area contributed by atoms with E-state index in [-0.39, 0.29) is 0 Å². The van der Waals surface area contributed by atoms with Gasteiger partial charge in [-0.05, 0) is 47.5 Å². The van der Waals surface area contributed by atoms with Gasteiger partial charge in [0.2, 0.25) is 5.75 Å². The zero-order valence-electron chi connectivity index (χ0n) is 12.0. The Morgan fingerprint density at radius 3 is 2.67 bits per heavy atom. The van der Waals surface area contributed by atoms with Crippen LogP contribution in [0.3, 0.4) is 0 Å². The highest BCUT2D eigenvalue weighted by Crippen LogP contribution is 2.35. The number of benzene rings is 1. The van der Waals surface area contributed by atoms with Gasteiger partial charge in [0.25, 0.3) is 0 Å². The number of rotatable bonds is 5. The average Bonchev–Trinajstić information content (AvgIpc) is 2.45. The van der Waals surface area contributed by atoms with Crippen LogP contribution in [0.2, 0.25) is 5.02 Å². The monoisotopic (exact) mass is 370 g/mol. The molecule has 1 aromatic carbocycles. The molecule has 0 unspecified atom stereocenters. The maximum Gasteiger partial charge on any atom is 0.204 e. The Morgan fingerprint density at radius 1 is 1.29 bits per heavy atom. The predicted molar refractivity (Wildman–Crippen MR) is 89.9 cm³/mol. The molecule has 0 saturated heterocycles. The first-order valence-corrected chi connectivity index (χ1v) is 7.59. The van der Waals surface area contributed by atoms with E-state index in [4.69, 9.17) is 16.3 Å². The van der Waals surface area contributed by atoms with Crippen LogP contribution in [0.4, 0.5) is 17.3 Å². The zero-order valence-corrected chi connectivity index (χ0v) is 14.3. The van der Waals surface area contributed by atoms with E-state index in [2.05, 4.69) is 36.5 Å². The Bertz CT molecular complexity index is 651. The van der Waals surface area contributed by atoms with Gasteiger partial charge in [-0.15, -0.1) is 0 Å². The molecule has 0 spiro atoms. The first kappa shape index (κ1) is 15.9. The molecule has 0 atom stereocenters. The van der Waals surface area contributed by atoms with E-state index in [0.717, 1.165) is 22.3 Å². The molecule has 1 heterocycles. The minimum atomic E-state index is 0.558. The van der Waals surface area contributed by atoms with E-state index >= 15 is 0 Å². The van der Waals surface area contributed by atoms with Crippen molar-refractivity contribution in [2.45, 2.75) is 13.8 Å². The van der Waals surface area contributed by atoms with Crippen LogP contribution in [0.15, 0.2) is 22.9 Å². The van der Waals surface area contributed by atoms with Crippen molar-refractivity contribution in [3.05, 3.63) is 33.5 Å². The van der Waals surface area contributed by atoms with Gasteiger partial charge < -0.3 is 15.4 Å². The van der Waals surface area contributed by atoms with Gasteiger partial charge in [-0.1, -0.05) is 11.6 Å². The molecule has 21 heavy (non-hydrogen) atoms. The van der Waals surface area contributed by atoms with E-state index in [9.17, 15) is 0 Å². The predicted octanol–water partition coefficient (Wildman–Crippen LogP) is 4.38. The Balaban J connectivity index is 2.40. The van der Waals surface area contributed by atoms with E-state index in [1.807, 2.05) is 26.0 Å². The molecule has 0 aliphatic heterocycles. The van der Waals surface area contributed by atoms with Crippen LogP contribution in [-0.4, -0.2) is 23.6 Å². The van der Waals surface area contributed by atoms with Crippen molar-refractivity contribution in [3.8, 4) is 5.75 Å². The summed E-state index contributed by atoms with van der Waals surface area (Å²) in [6.07, 6.45) is 1.48. The topological polar surface area (TPSA) is 59.1 Å². The van der Waals surface area contributed by atoms with E-state index in [0.29, 0.717) is 22.4 Å². The van der Waals surface area contributed by atoms with Crippen LogP contribution in [-0.2, 0) is 0 Å². The van der Waals surface area contributed by atoms with Gasteiger partial charge in [-0.3, -0.25) is 0 Å². The lowest BCUT2D eigenvalue weighted by Crippen LogP contribution is -2.06. The number of hydrogen-bond acceptors (Lipinski definition) is 5. The number of hydrogen-bond donors (Lipinski definition) is 2. The summed E-state index contributed by atoms with van der Waals surface area (Å²) in [4.78, 5) is 8.40. The minimum absolute atomic E-state index is 0.558. The van der Waals surface area contributed by atoms with Crippen LogP contribution in [0, 0.1) is 6.92 Å². The summed E-state index contributed by atoms with van der Waals surface area (Å²) in [5.41, 5.74) is 1.81. The van der Waals surface area contributed by atoms with Crippen molar-refractivity contribution in [3.63, 3.8) is 0 Å². The molecule has 0 saturated carbocycles. The van der Waals surface area contributed by atoms with Crippen LogP contribution in [0.5, 0.6) is 5.75 Å². The minimum Gasteiger partial charge on any atom is -0.490 e. The molecule has 0 bridgehead atoms. The van der Waals surface area contributed by atoms with Crippen molar-refractivity contribution in [2.75, 3.05) is 24.3 Å². The molecule has 2 rings (SSSR count). The van der Waals surface area contributed by atoms with Gasteiger partial charge in [-0.25, -0.2) is 9.97 Å². The molecule has 0 amide bonds. The van der Waals surface area contributed by atoms with Crippen molar-refractivity contribution in [1.82, 2.24) is 9.97 Å². The third-order valence-electron chi connectivity index (χ3n) is 2.85. The number of halogens is 2. The molecule has 5 nitrogen and oxygen atoms in total. The standard InChI is InChI=1S/C14H16BrClN4O/c1-4-17-13-12(21-3)14(19-7-18-13)20-11-6-10(16)8(2)5-9(11)15/h5-7H,4H2,1-3H3,(H2,17,18,19,20). The summed E-state index contributed by atoms with van der Waals surface area (Å²) < 4.78 is 6.29. The van der Waals surface area contributed by atoms with E-state index in [1.54, 1.807) is 7.11 Å². The van der Waals surface area contributed by atoms with Gasteiger partial charge in [0, 0.05) is 16.0 Å². The molecule has 0 fully saturated rings. The van der Waals surface area contributed by atoms with Crippen molar-refractivity contribution in [2.24, 2.45) is 0 Å². The number of ether oxygens (including phenoxy) is 1. The lowest BCUT2D eigenvalue weighted by Gasteiger charge is -2.15. The fourth-order valence-electron chi connectivity index (χ4n) is 1.82. The van der Waals surface area contributed by atoms with Gasteiger partial charge in [0.1, 0.15) is 6.33 Å². The number of nitrogens with zero attached hydrogens (tertiary/aromatic N) is 2. The lowest BCUT2D eigenvalue weighted by molar-refractivity contribution is 0.415. The first-order valence-electron chi connectivity index (χ1n) is 6.42. The largest absolute Gasteiger partial charge is 0.490 e. The van der Waals surface area contributed by atoms with E-state index < -0.39 is 0 Å². The SMILES string of the molecule is CCNc1ncnc(Nc2cc(Cl)c(C)cc2Br)c1OC. The number of aryl methyl sites for hydroxylation is 1. The summed E-state index contributed by atoms with van der Waals surface area (Å²) in [6.45, 7) is 4.68. The Labute approximate surface area is 137 Å². The maximum absolute atomic E-state index is 6.17. The highest BCUT2D eigenvalue weighted by Gasteiger charge is 2.13. The second-order valence-electron chi connectivity index (χ2n) is 4.34. The molecule has 2 N–H and O–H groups in total. The van der Waals surface area contributed by atoms with Crippen molar-refractivity contribution >= 4 is 44.9 Å². The Hall–Kier alpha value is -1.53. The second kappa shape index (κ2) is 6.95. The van der Waals surface area contributed by atoms with Crippen LogP contribution in [0.1, 0.15) is 12.5 Å². The van der Waals surface area contributed by atoms with Gasteiger partial charge >= 0.3 is 0 Å². The molecule has 0 aliphatic rings. The molecule has 0 radical (unpaired) electrons. The van der Waals surface area contributed by atoms with Crippen LogP contribution >= 0.6 is 27.5 Å². The van der Waals surface area contributed by atoms with Gasteiger partial charge in [-0.2, -0.15) is 0 Å². The molecule has 0 aliphatic carbocycles. The summed E-state index contributed by atoms with van der Waals surface area (Å²) in [7, 11) is 1.59. The Morgan fingerprint density at radius 2 is 2.00 bits per heavy atom. The summed E-state index contributed by atoms with van der Waals surface area (Å²) in [5.74, 6) is 1.78. The summed E-state index contributed by atoms with van der Waals surface area (Å²) >= 11 is 9.68. The quantitative estimate of drug-likeness (QED) is 0.816. The zero-order chi connectivity index (χ0) is 15.4. The van der Waals surface area contributed by atoms with Gasteiger partial charge in [0.15, 0.2) is 11.6 Å². The maximum atomic E-state index is 6.17.